The van der Waals surface area contributed by atoms with E-state index in [0.29, 0.717) is 28.6 Å². The zero-order valence-corrected chi connectivity index (χ0v) is 15.5. The molecule has 0 saturated carbocycles. The van der Waals surface area contributed by atoms with Crippen LogP contribution in [0.3, 0.4) is 0 Å². The molecule has 146 valence electrons. The van der Waals surface area contributed by atoms with Gasteiger partial charge in [0.05, 0.1) is 7.11 Å². The van der Waals surface area contributed by atoms with Gasteiger partial charge in [-0.3, -0.25) is 9.59 Å². The van der Waals surface area contributed by atoms with Gasteiger partial charge in [-0.05, 0) is 36.4 Å². The maximum absolute atomic E-state index is 12.5. The van der Waals surface area contributed by atoms with Crippen molar-refractivity contribution < 1.29 is 23.8 Å². The zero-order chi connectivity index (χ0) is 20.2. The number of pyridine rings is 1. The van der Waals surface area contributed by atoms with Gasteiger partial charge in [-0.2, -0.15) is 0 Å². The fourth-order valence-corrected chi connectivity index (χ4v) is 2.75. The first-order chi connectivity index (χ1) is 14.1. The molecule has 0 atom stereocenters. The Morgan fingerprint density at radius 2 is 1.52 bits per heavy atom. The fourth-order valence-electron chi connectivity index (χ4n) is 2.75. The number of fused-ring (bicyclic) bond motifs is 1. The average molecular weight is 391 g/mol. The number of benzene rings is 2. The highest BCUT2D eigenvalue weighted by Gasteiger charge is 2.16. The lowest BCUT2D eigenvalue weighted by molar-refractivity contribution is 0.101. The van der Waals surface area contributed by atoms with E-state index in [1.54, 1.807) is 55.6 Å². The summed E-state index contributed by atoms with van der Waals surface area (Å²) in [4.78, 5) is 29.2. The standard InChI is InChI=1S/C21H17N3O5/c1-27-15-5-2-4-13(10-15)22-20(25)16-6-3-7-17(24-16)21(26)23-14-8-9-18-19(11-14)29-12-28-18/h2-11H,12H2,1H3,(H,22,25)(H,23,26). The van der Waals surface area contributed by atoms with Crippen molar-refractivity contribution in [3.63, 3.8) is 0 Å². The van der Waals surface area contributed by atoms with Gasteiger partial charge in [-0.25, -0.2) is 4.98 Å². The average Bonchev–Trinajstić information content (AvgIpc) is 3.22. The lowest BCUT2D eigenvalue weighted by atomic mass is 10.2. The Bertz CT molecular complexity index is 1080. The fraction of sp³-hybridized carbons (Fsp3) is 0.0952. The SMILES string of the molecule is COc1cccc(NC(=O)c2cccc(C(=O)Nc3ccc4c(c3)OCO4)n2)c1. The van der Waals surface area contributed by atoms with Gasteiger partial charge >= 0.3 is 0 Å². The Hall–Kier alpha value is -4.07. The van der Waals surface area contributed by atoms with Crippen molar-refractivity contribution in [3.8, 4) is 17.2 Å². The molecule has 29 heavy (non-hydrogen) atoms. The van der Waals surface area contributed by atoms with Crippen LogP contribution in [0.4, 0.5) is 11.4 Å². The minimum absolute atomic E-state index is 0.112. The molecule has 4 rings (SSSR count). The first-order valence-corrected chi connectivity index (χ1v) is 8.76. The van der Waals surface area contributed by atoms with E-state index >= 15 is 0 Å². The van der Waals surface area contributed by atoms with Gasteiger partial charge < -0.3 is 24.8 Å². The Morgan fingerprint density at radius 3 is 2.24 bits per heavy atom. The van der Waals surface area contributed by atoms with Crippen LogP contribution in [0.5, 0.6) is 17.2 Å². The Morgan fingerprint density at radius 1 is 0.862 bits per heavy atom. The van der Waals surface area contributed by atoms with E-state index in [1.807, 2.05) is 0 Å². The predicted molar refractivity (Wildman–Crippen MR) is 106 cm³/mol. The molecule has 1 aliphatic heterocycles. The smallest absolute Gasteiger partial charge is 0.274 e. The molecule has 0 bridgehead atoms. The number of carbonyl (C=O) groups excluding carboxylic acids is 2. The molecule has 0 unspecified atom stereocenters. The molecule has 0 saturated heterocycles. The molecule has 0 aliphatic carbocycles. The second-order valence-corrected chi connectivity index (χ2v) is 6.12. The summed E-state index contributed by atoms with van der Waals surface area (Å²) < 4.78 is 15.7. The van der Waals surface area contributed by atoms with Crippen molar-refractivity contribution in [2.45, 2.75) is 0 Å². The number of ether oxygens (including phenoxy) is 3. The molecule has 8 nitrogen and oxygen atoms in total. The summed E-state index contributed by atoms with van der Waals surface area (Å²) in [5, 5.41) is 5.47. The first kappa shape index (κ1) is 18.3. The molecule has 3 aromatic rings. The molecule has 2 N–H and O–H groups in total. The maximum atomic E-state index is 12.5. The van der Waals surface area contributed by atoms with Crippen molar-refractivity contribution in [3.05, 3.63) is 72.1 Å². The Labute approximate surface area is 166 Å². The summed E-state index contributed by atoms with van der Waals surface area (Å²) in [6.07, 6.45) is 0. The number of amides is 2. The molecule has 1 aromatic heterocycles. The van der Waals surface area contributed by atoms with E-state index in [1.165, 1.54) is 12.1 Å². The minimum Gasteiger partial charge on any atom is -0.497 e. The van der Waals surface area contributed by atoms with E-state index in [0.717, 1.165) is 0 Å². The summed E-state index contributed by atoms with van der Waals surface area (Å²) in [5.74, 6) is 0.919. The minimum atomic E-state index is -0.445. The third kappa shape index (κ3) is 4.11. The molecule has 1 aliphatic rings. The van der Waals surface area contributed by atoms with Crippen molar-refractivity contribution in [2.24, 2.45) is 0 Å². The lowest BCUT2D eigenvalue weighted by Gasteiger charge is -2.08. The van der Waals surface area contributed by atoms with Gasteiger partial charge in [0, 0.05) is 23.5 Å². The zero-order valence-electron chi connectivity index (χ0n) is 15.5. The summed E-state index contributed by atoms with van der Waals surface area (Å²) in [6.45, 7) is 0.152. The van der Waals surface area contributed by atoms with Crippen molar-refractivity contribution in [1.82, 2.24) is 4.98 Å². The number of aromatic nitrogens is 1. The van der Waals surface area contributed by atoms with Gasteiger partial charge in [0.25, 0.3) is 11.8 Å². The number of rotatable bonds is 5. The van der Waals surface area contributed by atoms with Gasteiger partial charge in [0.1, 0.15) is 17.1 Å². The second-order valence-electron chi connectivity index (χ2n) is 6.12. The number of hydrogen-bond donors (Lipinski definition) is 2. The number of anilines is 2. The third-order valence-electron chi connectivity index (χ3n) is 4.17. The molecule has 2 heterocycles. The summed E-state index contributed by atoms with van der Waals surface area (Å²) in [7, 11) is 1.55. The molecule has 0 radical (unpaired) electrons. The van der Waals surface area contributed by atoms with Gasteiger partial charge in [-0.15, -0.1) is 0 Å². The van der Waals surface area contributed by atoms with Crippen LogP contribution in [0.25, 0.3) is 0 Å². The molecule has 2 aromatic carbocycles. The summed E-state index contributed by atoms with van der Waals surface area (Å²) in [6, 6.07) is 16.7. The summed E-state index contributed by atoms with van der Waals surface area (Å²) >= 11 is 0. The Kier molecular flexibility index (Phi) is 4.98. The van der Waals surface area contributed by atoms with Crippen LogP contribution in [-0.4, -0.2) is 30.7 Å². The second kappa shape index (κ2) is 7.89. The lowest BCUT2D eigenvalue weighted by Crippen LogP contribution is -2.18. The van der Waals surface area contributed by atoms with E-state index in [9.17, 15) is 9.59 Å². The highest BCUT2D eigenvalue weighted by molar-refractivity contribution is 6.06. The number of nitrogens with one attached hydrogen (secondary N) is 2. The van der Waals surface area contributed by atoms with Crippen LogP contribution >= 0.6 is 0 Å². The summed E-state index contributed by atoms with van der Waals surface area (Å²) in [5.41, 5.74) is 1.32. The van der Waals surface area contributed by atoms with Crippen LogP contribution in [0, 0.1) is 0 Å². The highest BCUT2D eigenvalue weighted by atomic mass is 16.7. The number of nitrogens with zero attached hydrogens (tertiary/aromatic N) is 1. The quantitative estimate of drug-likeness (QED) is 0.692. The van der Waals surface area contributed by atoms with E-state index < -0.39 is 11.8 Å². The molecule has 0 fully saturated rings. The maximum Gasteiger partial charge on any atom is 0.274 e. The van der Waals surface area contributed by atoms with E-state index in [-0.39, 0.29) is 18.2 Å². The number of carbonyl (C=O) groups is 2. The van der Waals surface area contributed by atoms with Crippen LogP contribution in [-0.2, 0) is 0 Å². The molecule has 2 amide bonds. The molecule has 0 spiro atoms. The van der Waals surface area contributed by atoms with Crippen molar-refractivity contribution in [1.29, 1.82) is 0 Å². The first-order valence-electron chi connectivity index (χ1n) is 8.76. The van der Waals surface area contributed by atoms with Crippen LogP contribution < -0.4 is 24.8 Å². The van der Waals surface area contributed by atoms with Crippen molar-refractivity contribution >= 4 is 23.2 Å². The molecular weight excluding hydrogens is 374 g/mol. The van der Waals surface area contributed by atoms with Crippen LogP contribution in [0.1, 0.15) is 21.0 Å². The highest BCUT2D eigenvalue weighted by Crippen LogP contribution is 2.34. The largest absolute Gasteiger partial charge is 0.497 e. The van der Waals surface area contributed by atoms with Gasteiger partial charge in [-0.1, -0.05) is 12.1 Å². The van der Waals surface area contributed by atoms with Crippen LogP contribution in [0.2, 0.25) is 0 Å². The molecular formula is C21H17N3O5. The number of methoxy groups -OCH3 is 1. The topological polar surface area (TPSA) is 98.8 Å². The predicted octanol–water partition coefficient (Wildman–Crippen LogP) is 3.32. The third-order valence-corrected chi connectivity index (χ3v) is 4.17. The van der Waals surface area contributed by atoms with Crippen LogP contribution in [0.15, 0.2) is 60.7 Å². The van der Waals surface area contributed by atoms with E-state index in [2.05, 4.69) is 15.6 Å². The monoisotopic (exact) mass is 391 g/mol. The van der Waals surface area contributed by atoms with E-state index in [4.69, 9.17) is 14.2 Å². The Balaban J connectivity index is 1.47. The van der Waals surface area contributed by atoms with Gasteiger partial charge in [0.15, 0.2) is 11.5 Å². The number of hydrogen-bond acceptors (Lipinski definition) is 6. The normalized spacial score (nSPS) is 11.6. The van der Waals surface area contributed by atoms with Crippen molar-refractivity contribution in [2.75, 3.05) is 24.5 Å². The molecule has 8 heteroatoms. The van der Waals surface area contributed by atoms with Gasteiger partial charge in [0.2, 0.25) is 6.79 Å².